The maximum atomic E-state index is 13.2. The number of nitrogens with one attached hydrogen (secondary N) is 2. The SMILES string of the molecule is CC(NC(=O)c1c(N)nn2cccnc12)c1cc(Cl)c2c(Br)n[nH]c2c1-c1ccccc1. The fourth-order valence-electron chi connectivity index (χ4n) is 3.87. The van der Waals surface area contributed by atoms with E-state index in [1.807, 2.05) is 43.3 Å². The van der Waals surface area contributed by atoms with Gasteiger partial charge in [-0.1, -0.05) is 41.9 Å². The second-order valence-corrected chi connectivity index (χ2v) is 8.45. The number of amides is 1. The molecular weight excluding hydrogens is 494 g/mol. The van der Waals surface area contributed by atoms with Crippen molar-refractivity contribution in [3.63, 3.8) is 0 Å². The predicted molar refractivity (Wildman–Crippen MR) is 128 cm³/mol. The lowest BCUT2D eigenvalue weighted by Gasteiger charge is -2.20. The lowest BCUT2D eigenvalue weighted by molar-refractivity contribution is 0.0942. The van der Waals surface area contributed by atoms with Gasteiger partial charge in [-0.05, 0) is 46.1 Å². The summed E-state index contributed by atoms with van der Waals surface area (Å²) in [5.41, 5.74) is 10.1. The van der Waals surface area contributed by atoms with E-state index in [2.05, 4.69) is 41.5 Å². The van der Waals surface area contributed by atoms with E-state index in [1.54, 1.807) is 18.5 Å². The van der Waals surface area contributed by atoms with E-state index < -0.39 is 6.04 Å². The Bertz CT molecular complexity index is 1480. The van der Waals surface area contributed by atoms with E-state index >= 15 is 0 Å². The number of anilines is 1. The van der Waals surface area contributed by atoms with Crippen LogP contribution in [0.25, 0.3) is 27.7 Å². The molecule has 0 radical (unpaired) electrons. The van der Waals surface area contributed by atoms with Crippen LogP contribution in [-0.4, -0.2) is 30.7 Å². The average molecular weight is 511 g/mol. The van der Waals surface area contributed by atoms with Crippen LogP contribution in [0.15, 0.2) is 59.5 Å². The number of benzene rings is 2. The summed E-state index contributed by atoms with van der Waals surface area (Å²) >= 11 is 10.1. The van der Waals surface area contributed by atoms with Gasteiger partial charge in [-0.3, -0.25) is 9.89 Å². The smallest absolute Gasteiger partial charge is 0.259 e. The minimum absolute atomic E-state index is 0.114. The third kappa shape index (κ3) is 3.30. The van der Waals surface area contributed by atoms with E-state index in [0.717, 1.165) is 27.6 Å². The summed E-state index contributed by atoms with van der Waals surface area (Å²) in [6.45, 7) is 1.89. The molecule has 0 aliphatic rings. The first-order chi connectivity index (χ1) is 15.5. The van der Waals surface area contributed by atoms with Crippen molar-refractivity contribution >= 4 is 55.8 Å². The van der Waals surface area contributed by atoms with Crippen LogP contribution in [0.5, 0.6) is 0 Å². The third-order valence-corrected chi connectivity index (χ3v) is 6.18. The van der Waals surface area contributed by atoms with E-state index in [0.29, 0.717) is 15.3 Å². The summed E-state index contributed by atoms with van der Waals surface area (Å²) < 4.78 is 2.11. The van der Waals surface area contributed by atoms with E-state index in [4.69, 9.17) is 17.3 Å². The first-order valence-corrected chi connectivity index (χ1v) is 10.9. The number of hydrogen-bond donors (Lipinski definition) is 3. The van der Waals surface area contributed by atoms with Crippen molar-refractivity contribution in [2.45, 2.75) is 13.0 Å². The molecule has 1 atom stereocenters. The molecule has 10 heteroatoms. The summed E-state index contributed by atoms with van der Waals surface area (Å²) in [6, 6.07) is 13.0. The lowest BCUT2D eigenvalue weighted by Crippen LogP contribution is -2.27. The van der Waals surface area contributed by atoms with Crippen molar-refractivity contribution in [1.82, 2.24) is 30.1 Å². The minimum atomic E-state index is -0.403. The van der Waals surface area contributed by atoms with Gasteiger partial charge in [-0.2, -0.15) is 5.10 Å². The highest BCUT2D eigenvalue weighted by Gasteiger charge is 2.25. The molecule has 0 spiro atoms. The summed E-state index contributed by atoms with van der Waals surface area (Å²) in [6.07, 6.45) is 3.28. The highest BCUT2D eigenvalue weighted by molar-refractivity contribution is 9.10. The number of aromatic nitrogens is 5. The van der Waals surface area contributed by atoms with Gasteiger partial charge in [0.15, 0.2) is 11.5 Å². The number of carbonyl (C=O) groups is 1. The van der Waals surface area contributed by atoms with Crippen LogP contribution in [0.3, 0.4) is 0 Å². The average Bonchev–Trinajstić information content (AvgIpc) is 3.33. The Morgan fingerprint density at radius 2 is 2.06 bits per heavy atom. The molecule has 5 aromatic rings. The Balaban J connectivity index is 1.61. The fraction of sp³-hybridized carbons (Fsp3) is 0.0909. The number of aromatic amines is 1. The van der Waals surface area contributed by atoms with Crippen LogP contribution >= 0.6 is 27.5 Å². The van der Waals surface area contributed by atoms with Gasteiger partial charge in [0.25, 0.3) is 5.91 Å². The standard InChI is InChI=1S/C22H17BrClN7O/c1-11(27-22(32)17-20(25)30-31-9-5-8-26-21(17)31)13-10-14(24)16-18(28-29-19(16)23)15(13)12-6-3-2-4-7-12/h2-11H,1H3,(H2,25,30)(H,27,32)(H,28,29). The van der Waals surface area contributed by atoms with Gasteiger partial charge in [0.05, 0.1) is 22.0 Å². The molecule has 3 heterocycles. The summed E-state index contributed by atoms with van der Waals surface area (Å²) in [4.78, 5) is 17.4. The molecule has 0 aliphatic carbocycles. The van der Waals surface area contributed by atoms with Crippen LogP contribution in [-0.2, 0) is 0 Å². The molecule has 0 aliphatic heterocycles. The summed E-state index contributed by atoms with van der Waals surface area (Å²) in [7, 11) is 0. The molecule has 4 N–H and O–H groups in total. The van der Waals surface area contributed by atoms with Gasteiger partial charge >= 0.3 is 0 Å². The zero-order chi connectivity index (χ0) is 22.4. The molecule has 2 aromatic carbocycles. The quantitative estimate of drug-likeness (QED) is 0.322. The van der Waals surface area contributed by atoms with Gasteiger partial charge in [-0.15, -0.1) is 5.10 Å². The van der Waals surface area contributed by atoms with E-state index in [9.17, 15) is 4.79 Å². The molecule has 5 rings (SSSR count). The van der Waals surface area contributed by atoms with E-state index in [1.165, 1.54) is 4.52 Å². The van der Waals surface area contributed by atoms with Gasteiger partial charge < -0.3 is 11.1 Å². The Morgan fingerprint density at radius 1 is 1.28 bits per heavy atom. The molecule has 8 nitrogen and oxygen atoms in total. The topological polar surface area (TPSA) is 114 Å². The molecular formula is C22H17BrClN7O. The van der Waals surface area contributed by atoms with E-state index in [-0.39, 0.29) is 17.3 Å². The predicted octanol–water partition coefficient (Wildman–Crippen LogP) is 4.76. The van der Waals surface area contributed by atoms with Crippen molar-refractivity contribution in [2.24, 2.45) is 0 Å². The van der Waals surface area contributed by atoms with Crippen molar-refractivity contribution < 1.29 is 4.79 Å². The fourth-order valence-corrected chi connectivity index (χ4v) is 4.79. The van der Waals surface area contributed by atoms with Crippen LogP contribution < -0.4 is 11.1 Å². The molecule has 32 heavy (non-hydrogen) atoms. The third-order valence-electron chi connectivity index (χ3n) is 5.31. The molecule has 0 bridgehead atoms. The summed E-state index contributed by atoms with van der Waals surface area (Å²) in [5.74, 6) is -0.257. The Kier molecular flexibility index (Phi) is 5.07. The van der Waals surface area contributed by atoms with Crippen LogP contribution in [0.4, 0.5) is 5.82 Å². The number of nitrogen functional groups attached to an aromatic ring is 1. The Labute approximate surface area is 195 Å². The normalized spacial score (nSPS) is 12.3. The molecule has 0 saturated heterocycles. The van der Waals surface area contributed by atoms with Crippen molar-refractivity contribution in [2.75, 3.05) is 5.73 Å². The Hall–Kier alpha value is -3.43. The number of nitrogens with zero attached hydrogens (tertiary/aromatic N) is 4. The molecule has 0 fully saturated rings. The number of rotatable bonds is 4. The maximum Gasteiger partial charge on any atom is 0.259 e. The van der Waals surface area contributed by atoms with Crippen LogP contribution in [0, 0.1) is 0 Å². The zero-order valence-corrected chi connectivity index (χ0v) is 19.1. The largest absolute Gasteiger partial charge is 0.381 e. The zero-order valence-electron chi connectivity index (χ0n) is 16.8. The summed E-state index contributed by atoms with van der Waals surface area (Å²) in [5, 5.41) is 15.8. The highest BCUT2D eigenvalue weighted by atomic mass is 79.9. The number of halogens is 2. The molecule has 1 amide bonds. The minimum Gasteiger partial charge on any atom is -0.381 e. The first kappa shape index (κ1) is 20.5. The van der Waals surface area contributed by atoms with Crippen LogP contribution in [0.2, 0.25) is 5.02 Å². The van der Waals surface area contributed by atoms with Gasteiger partial charge in [0.2, 0.25) is 0 Å². The number of fused-ring (bicyclic) bond motifs is 2. The van der Waals surface area contributed by atoms with Crippen LogP contribution in [0.1, 0.15) is 28.9 Å². The Morgan fingerprint density at radius 3 is 2.84 bits per heavy atom. The number of H-pyrrole nitrogens is 1. The monoisotopic (exact) mass is 509 g/mol. The number of hydrogen-bond acceptors (Lipinski definition) is 5. The number of carbonyl (C=O) groups excluding carboxylic acids is 1. The molecule has 1 unspecified atom stereocenters. The second-order valence-electron chi connectivity index (χ2n) is 7.30. The van der Waals surface area contributed by atoms with Crippen molar-refractivity contribution in [3.8, 4) is 11.1 Å². The molecule has 3 aromatic heterocycles. The molecule has 160 valence electrons. The van der Waals surface area contributed by atoms with Crippen molar-refractivity contribution in [3.05, 3.63) is 75.6 Å². The highest BCUT2D eigenvalue weighted by Crippen LogP contribution is 2.40. The first-order valence-electron chi connectivity index (χ1n) is 9.76. The molecule has 0 saturated carbocycles. The van der Waals surface area contributed by atoms with Gasteiger partial charge in [-0.25, -0.2) is 9.50 Å². The lowest BCUT2D eigenvalue weighted by atomic mass is 9.93. The second kappa shape index (κ2) is 7.92. The van der Waals surface area contributed by atoms with Gasteiger partial charge in [0, 0.05) is 18.0 Å². The van der Waals surface area contributed by atoms with Gasteiger partial charge in [0.1, 0.15) is 10.2 Å². The van der Waals surface area contributed by atoms with Crippen molar-refractivity contribution in [1.29, 1.82) is 0 Å². The maximum absolute atomic E-state index is 13.2. The number of nitrogens with two attached hydrogens (primary N) is 1.